The molecule has 190 valence electrons. The first-order chi connectivity index (χ1) is 17.8. The van der Waals surface area contributed by atoms with Gasteiger partial charge in [-0.25, -0.2) is 4.79 Å². The van der Waals surface area contributed by atoms with E-state index in [0.717, 1.165) is 11.1 Å². The Morgan fingerprint density at radius 3 is 2.65 bits per heavy atom. The van der Waals surface area contributed by atoms with E-state index in [1.54, 1.807) is 30.2 Å². The average Bonchev–Trinajstić information content (AvgIpc) is 3.53. The number of nitrogens with one attached hydrogen (secondary N) is 1. The summed E-state index contributed by atoms with van der Waals surface area (Å²) in [6.45, 7) is 5.84. The third kappa shape index (κ3) is 5.70. The van der Waals surface area contributed by atoms with Gasteiger partial charge < -0.3 is 9.47 Å². The van der Waals surface area contributed by atoms with Crippen LogP contribution in [0, 0.1) is 0 Å². The molecular weight excluding hydrogens is 486 g/mol. The lowest BCUT2D eigenvalue weighted by Gasteiger charge is -2.19. The summed E-state index contributed by atoms with van der Waals surface area (Å²) in [7, 11) is 0. The molecule has 7 nitrogen and oxygen atoms in total. The summed E-state index contributed by atoms with van der Waals surface area (Å²) < 4.78 is 13.0. The number of carbonyl (C=O) groups excluding carboxylic acids is 2. The Kier molecular flexibility index (Phi) is 7.04. The number of rotatable bonds is 6. The zero-order chi connectivity index (χ0) is 26.0. The molecule has 1 aliphatic rings. The summed E-state index contributed by atoms with van der Waals surface area (Å²) in [6.07, 6.45) is 4.59. The summed E-state index contributed by atoms with van der Waals surface area (Å²) in [5, 5.41) is 4.09. The van der Waals surface area contributed by atoms with Gasteiger partial charge in [-0.15, -0.1) is 11.8 Å². The first kappa shape index (κ1) is 25.0. The third-order valence-electron chi connectivity index (χ3n) is 5.97. The molecule has 1 fully saturated rings. The maximum Gasteiger partial charge on any atom is 0.419 e. The normalized spacial score (nSPS) is 17.6. The van der Waals surface area contributed by atoms with Crippen molar-refractivity contribution in [2.75, 3.05) is 5.75 Å². The lowest BCUT2D eigenvalue weighted by molar-refractivity contribution is 0.0544. The van der Waals surface area contributed by atoms with Gasteiger partial charge in [-0.3, -0.25) is 19.7 Å². The maximum atomic E-state index is 13.7. The highest BCUT2D eigenvalue weighted by molar-refractivity contribution is 7.99. The number of ketones is 1. The molecule has 1 aliphatic heterocycles. The first-order valence-corrected chi connectivity index (χ1v) is 13.2. The molecular formula is C29H29N3O4S. The van der Waals surface area contributed by atoms with E-state index in [9.17, 15) is 9.59 Å². The number of Topliss-reactive ketones (excluding diaryl/α,β-unsaturated/α-hetero) is 1. The fraction of sp³-hybridized carbons (Fsp3) is 0.276. The number of benzene rings is 2. The van der Waals surface area contributed by atoms with Crippen molar-refractivity contribution >= 4 is 34.5 Å². The standard InChI is InChI=1S/C29H29N3O4S/c1-29(2,3)36-28(34)32-16-23(26(33)24-18-37-27(31-24)20-10-7-13-30-15-20)22-12-11-21(14-25(22)32)35-17-19-8-5-4-6-9-19/h4-16,24,27,31H,17-18H2,1-3H3/t24-,27?/m0/s1. The zero-order valence-electron chi connectivity index (χ0n) is 21.0. The summed E-state index contributed by atoms with van der Waals surface area (Å²) in [5.41, 5.74) is 2.42. The number of thioether (sulfide) groups is 1. The molecule has 1 N–H and O–H groups in total. The Morgan fingerprint density at radius 1 is 1.11 bits per heavy atom. The van der Waals surface area contributed by atoms with Gasteiger partial charge >= 0.3 is 6.09 Å². The number of nitrogens with zero attached hydrogens (tertiary/aromatic N) is 2. The smallest absolute Gasteiger partial charge is 0.419 e. The van der Waals surface area contributed by atoms with Crippen molar-refractivity contribution in [2.45, 2.75) is 44.4 Å². The van der Waals surface area contributed by atoms with Crippen molar-refractivity contribution < 1.29 is 19.1 Å². The van der Waals surface area contributed by atoms with Crippen LogP contribution in [0.15, 0.2) is 79.3 Å². The summed E-state index contributed by atoms with van der Waals surface area (Å²) in [4.78, 5) is 31.0. The summed E-state index contributed by atoms with van der Waals surface area (Å²) in [6, 6.07) is 18.8. The molecule has 37 heavy (non-hydrogen) atoms. The Bertz CT molecular complexity index is 1410. The molecule has 8 heteroatoms. The van der Waals surface area contributed by atoms with Crippen LogP contribution in [0.5, 0.6) is 5.75 Å². The van der Waals surface area contributed by atoms with E-state index in [-0.39, 0.29) is 17.2 Å². The molecule has 2 aromatic carbocycles. The summed E-state index contributed by atoms with van der Waals surface area (Å²) in [5.74, 6) is 1.16. The van der Waals surface area contributed by atoms with Crippen molar-refractivity contribution in [1.82, 2.24) is 14.9 Å². The van der Waals surface area contributed by atoms with E-state index in [1.807, 2.05) is 81.6 Å². The van der Waals surface area contributed by atoms with Gasteiger partial charge in [-0.2, -0.15) is 0 Å². The number of aromatic nitrogens is 2. The minimum Gasteiger partial charge on any atom is -0.489 e. The second-order valence-electron chi connectivity index (χ2n) is 9.93. The van der Waals surface area contributed by atoms with Crippen molar-refractivity contribution in [3.05, 3.63) is 95.9 Å². The highest BCUT2D eigenvalue weighted by Gasteiger charge is 2.33. The highest BCUT2D eigenvalue weighted by atomic mass is 32.2. The molecule has 1 unspecified atom stereocenters. The van der Waals surface area contributed by atoms with E-state index in [2.05, 4.69) is 10.3 Å². The molecule has 0 radical (unpaired) electrons. The molecule has 2 atom stereocenters. The fourth-order valence-electron chi connectivity index (χ4n) is 4.23. The number of hydrogen-bond acceptors (Lipinski definition) is 7. The van der Waals surface area contributed by atoms with Crippen LogP contribution in [0.1, 0.15) is 47.6 Å². The first-order valence-electron chi connectivity index (χ1n) is 12.2. The Hall–Kier alpha value is -3.62. The molecule has 2 aromatic heterocycles. The van der Waals surface area contributed by atoms with Crippen molar-refractivity contribution in [1.29, 1.82) is 0 Å². The third-order valence-corrected chi connectivity index (χ3v) is 7.23. The number of fused-ring (bicyclic) bond motifs is 1. The van der Waals surface area contributed by atoms with E-state index in [4.69, 9.17) is 9.47 Å². The monoisotopic (exact) mass is 515 g/mol. The van der Waals surface area contributed by atoms with Crippen molar-refractivity contribution in [2.24, 2.45) is 0 Å². The lowest BCUT2D eigenvalue weighted by Crippen LogP contribution is -2.34. The fourth-order valence-corrected chi connectivity index (χ4v) is 5.45. The minimum absolute atomic E-state index is 0.0140. The quantitative estimate of drug-likeness (QED) is 0.316. The Balaban J connectivity index is 1.44. The van der Waals surface area contributed by atoms with Crippen LogP contribution >= 0.6 is 11.8 Å². The van der Waals surface area contributed by atoms with E-state index >= 15 is 0 Å². The molecule has 0 spiro atoms. The Morgan fingerprint density at radius 2 is 1.92 bits per heavy atom. The van der Waals surface area contributed by atoms with E-state index in [1.165, 1.54) is 4.57 Å². The average molecular weight is 516 g/mol. The van der Waals surface area contributed by atoms with Gasteiger partial charge in [-0.1, -0.05) is 36.4 Å². The van der Waals surface area contributed by atoms with Crippen LogP contribution in [-0.2, 0) is 11.3 Å². The number of pyridine rings is 1. The highest BCUT2D eigenvalue weighted by Crippen LogP contribution is 2.35. The maximum absolute atomic E-state index is 13.7. The van der Waals surface area contributed by atoms with Gasteiger partial charge in [0.05, 0.1) is 16.9 Å². The van der Waals surface area contributed by atoms with Crippen molar-refractivity contribution in [3.8, 4) is 5.75 Å². The second-order valence-corrected chi connectivity index (χ2v) is 11.1. The van der Waals surface area contributed by atoms with Crippen molar-refractivity contribution in [3.63, 3.8) is 0 Å². The number of ether oxygens (including phenoxy) is 2. The predicted octanol–water partition coefficient (Wildman–Crippen LogP) is 5.99. The number of carbonyl (C=O) groups is 2. The SMILES string of the molecule is CC(C)(C)OC(=O)n1cc(C(=O)[C@@H]2CSC(c3cccnc3)N2)c2ccc(OCc3ccccc3)cc21. The van der Waals surface area contributed by atoms with Gasteiger partial charge in [0.25, 0.3) is 0 Å². The molecule has 0 aliphatic carbocycles. The van der Waals surface area contributed by atoms with E-state index < -0.39 is 11.7 Å². The van der Waals surface area contributed by atoms with Crippen LogP contribution in [0.25, 0.3) is 10.9 Å². The largest absolute Gasteiger partial charge is 0.489 e. The number of hydrogen-bond donors (Lipinski definition) is 1. The molecule has 3 heterocycles. The predicted molar refractivity (Wildman–Crippen MR) is 145 cm³/mol. The van der Waals surface area contributed by atoms with Gasteiger partial charge in [0.15, 0.2) is 5.78 Å². The van der Waals surface area contributed by atoms with E-state index in [0.29, 0.717) is 34.6 Å². The topological polar surface area (TPSA) is 82.5 Å². The molecule has 4 aromatic rings. The summed E-state index contributed by atoms with van der Waals surface area (Å²) >= 11 is 1.67. The minimum atomic E-state index is -0.681. The van der Waals surface area contributed by atoms with Crippen LogP contribution < -0.4 is 10.1 Å². The lowest BCUT2D eigenvalue weighted by atomic mass is 10.0. The molecule has 0 saturated carbocycles. The van der Waals surface area contributed by atoms with Gasteiger partial charge in [-0.05, 0) is 50.1 Å². The Labute approximate surface area is 220 Å². The second kappa shape index (κ2) is 10.4. The van der Waals surface area contributed by atoms with Crippen LogP contribution in [0.2, 0.25) is 0 Å². The van der Waals surface area contributed by atoms with Crippen LogP contribution in [0.4, 0.5) is 4.79 Å². The molecule has 1 saturated heterocycles. The van der Waals surface area contributed by atoms with Gasteiger partial charge in [0.2, 0.25) is 0 Å². The van der Waals surface area contributed by atoms with Gasteiger partial charge in [0.1, 0.15) is 18.0 Å². The molecule has 5 rings (SSSR count). The zero-order valence-corrected chi connectivity index (χ0v) is 21.8. The van der Waals surface area contributed by atoms with Crippen LogP contribution in [-0.4, -0.2) is 38.8 Å². The van der Waals surface area contributed by atoms with Gasteiger partial charge in [0, 0.05) is 41.4 Å². The molecule has 0 amide bonds. The molecule has 0 bridgehead atoms. The van der Waals surface area contributed by atoms with Crippen LogP contribution in [0.3, 0.4) is 0 Å².